The number of hydrogen-bond donors (Lipinski definition) is 2. The Balaban J connectivity index is 2.34. The molecule has 0 aliphatic heterocycles. The highest BCUT2D eigenvalue weighted by Crippen LogP contribution is 2.46. The largest absolute Gasteiger partial charge is 0.302 e. The van der Waals surface area contributed by atoms with E-state index in [0.717, 1.165) is 31.2 Å². The van der Waals surface area contributed by atoms with Gasteiger partial charge in [0.25, 0.3) is 5.56 Å². The predicted molar refractivity (Wildman–Crippen MR) is 90.0 cm³/mol. The van der Waals surface area contributed by atoms with Crippen LogP contribution in [0.3, 0.4) is 0 Å². The first kappa shape index (κ1) is 15.6. The van der Waals surface area contributed by atoms with Crippen LogP contribution in [0.15, 0.2) is 17.1 Å². The zero-order chi connectivity index (χ0) is 16.8. The fourth-order valence-electron chi connectivity index (χ4n) is 2.81. The maximum atomic E-state index is 12.7. The van der Waals surface area contributed by atoms with E-state index < -0.39 is 0 Å². The number of unbranched alkanes of at least 4 members (excludes halogenated alkanes) is 1. The van der Waals surface area contributed by atoms with Gasteiger partial charge in [0.15, 0.2) is 11.1 Å². The minimum Gasteiger partial charge on any atom is -0.302 e. The maximum absolute atomic E-state index is 12.7. The molecule has 2 aromatic heterocycles. The van der Waals surface area contributed by atoms with Crippen LogP contribution in [0.2, 0.25) is 0 Å². The van der Waals surface area contributed by atoms with E-state index in [4.69, 9.17) is 10.8 Å². The molecule has 3 rings (SSSR count). The lowest BCUT2D eigenvalue weighted by molar-refractivity contribution is 0.614. The highest BCUT2D eigenvalue weighted by Gasteiger charge is 2.43. The Kier molecular flexibility index (Phi) is 3.70. The molecular weight excluding hydrogens is 290 g/mol. The Labute approximate surface area is 134 Å². The van der Waals surface area contributed by atoms with Crippen LogP contribution in [-0.4, -0.2) is 20.0 Å². The average Bonchev–Trinajstić information content (AvgIpc) is 3.27. The van der Waals surface area contributed by atoms with Crippen LogP contribution in [0.1, 0.15) is 45.1 Å². The number of fused-ring (bicyclic) bond motifs is 1. The van der Waals surface area contributed by atoms with Crippen molar-refractivity contribution in [2.45, 2.75) is 53.0 Å². The third-order valence-electron chi connectivity index (χ3n) is 4.69. The smallest absolute Gasteiger partial charge is 0.294 e. The molecule has 2 N–H and O–H groups in total. The number of rotatable bonds is 4. The average molecular weight is 313 g/mol. The highest BCUT2D eigenvalue weighted by molar-refractivity contribution is 5.94. The normalized spacial score (nSPS) is 15.8. The van der Waals surface area contributed by atoms with Crippen molar-refractivity contribution in [1.82, 2.24) is 14.1 Å². The molecule has 0 amide bonds. The van der Waals surface area contributed by atoms with E-state index in [1.165, 1.54) is 4.57 Å². The van der Waals surface area contributed by atoms with Crippen molar-refractivity contribution in [1.29, 1.82) is 10.8 Å². The van der Waals surface area contributed by atoms with Crippen molar-refractivity contribution in [3.8, 4) is 0 Å². The van der Waals surface area contributed by atoms with Gasteiger partial charge in [0, 0.05) is 18.2 Å². The molecule has 1 fully saturated rings. The Morgan fingerprint density at radius 1 is 1.43 bits per heavy atom. The molecule has 23 heavy (non-hydrogen) atoms. The second-order valence-electron chi connectivity index (χ2n) is 6.76. The molecule has 1 aliphatic rings. The summed E-state index contributed by atoms with van der Waals surface area (Å²) in [5.74, 6) is 0.309. The molecule has 0 bridgehead atoms. The van der Waals surface area contributed by atoms with Crippen LogP contribution >= 0.6 is 0 Å². The number of nitrogens with zero attached hydrogens (tertiary/aromatic N) is 3. The van der Waals surface area contributed by atoms with Gasteiger partial charge in [-0.05, 0) is 37.8 Å². The SMILES string of the molecule is CCCCn1c(=O)c(=N)n(C(=N)C2(C)CC2)c2ncc(C)cc21. The summed E-state index contributed by atoms with van der Waals surface area (Å²) < 4.78 is 3.08. The van der Waals surface area contributed by atoms with E-state index >= 15 is 0 Å². The van der Waals surface area contributed by atoms with Gasteiger partial charge in [0.2, 0.25) is 0 Å². The third-order valence-corrected chi connectivity index (χ3v) is 4.69. The summed E-state index contributed by atoms with van der Waals surface area (Å²) >= 11 is 0. The molecule has 0 atom stereocenters. The van der Waals surface area contributed by atoms with Crippen molar-refractivity contribution >= 4 is 17.0 Å². The number of aryl methyl sites for hydroxylation is 2. The number of pyridine rings is 1. The first-order chi connectivity index (χ1) is 10.9. The lowest BCUT2D eigenvalue weighted by Crippen LogP contribution is -2.46. The van der Waals surface area contributed by atoms with E-state index in [2.05, 4.69) is 11.9 Å². The van der Waals surface area contributed by atoms with Crippen molar-refractivity contribution < 1.29 is 0 Å². The van der Waals surface area contributed by atoms with E-state index in [-0.39, 0.29) is 16.5 Å². The second-order valence-corrected chi connectivity index (χ2v) is 6.76. The van der Waals surface area contributed by atoms with Gasteiger partial charge in [0.1, 0.15) is 5.84 Å². The zero-order valence-corrected chi connectivity index (χ0v) is 13.9. The molecular formula is C17H23N5O. The van der Waals surface area contributed by atoms with Crippen molar-refractivity contribution in [2.75, 3.05) is 0 Å². The first-order valence-electron chi connectivity index (χ1n) is 8.15. The minimum absolute atomic E-state index is 0.164. The lowest BCUT2D eigenvalue weighted by atomic mass is 10.1. The van der Waals surface area contributed by atoms with Crippen LogP contribution in [0, 0.1) is 23.2 Å². The molecule has 2 heterocycles. The third kappa shape index (κ3) is 2.52. The molecule has 0 aromatic carbocycles. The van der Waals surface area contributed by atoms with E-state index in [1.54, 1.807) is 10.8 Å². The monoisotopic (exact) mass is 313 g/mol. The van der Waals surface area contributed by atoms with Crippen molar-refractivity contribution in [2.24, 2.45) is 5.41 Å². The second kappa shape index (κ2) is 5.44. The predicted octanol–water partition coefficient (Wildman–Crippen LogP) is 2.41. The molecule has 0 radical (unpaired) electrons. The summed E-state index contributed by atoms with van der Waals surface area (Å²) in [4.78, 5) is 17.2. The standard InChI is InChI=1S/C17H23N5O/c1-4-5-8-21-12-9-11(2)10-20-14(12)22(13(18)15(21)23)16(19)17(3)6-7-17/h9-10,18-19H,4-8H2,1-3H3. The molecule has 6 heteroatoms. The first-order valence-corrected chi connectivity index (χ1v) is 8.15. The molecule has 1 aliphatic carbocycles. The molecule has 6 nitrogen and oxygen atoms in total. The quantitative estimate of drug-likeness (QED) is 0.670. The Morgan fingerprint density at radius 3 is 2.74 bits per heavy atom. The number of hydrogen-bond acceptors (Lipinski definition) is 4. The molecule has 0 spiro atoms. The van der Waals surface area contributed by atoms with Crippen LogP contribution in [0.4, 0.5) is 0 Å². The maximum Gasteiger partial charge on any atom is 0.294 e. The molecule has 2 aromatic rings. The van der Waals surface area contributed by atoms with Crippen LogP contribution in [0.5, 0.6) is 0 Å². The van der Waals surface area contributed by atoms with Gasteiger partial charge in [-0.3, -0.25) is 20.2 Å². The molecule has 0 unspecified atom stereocenters. The minimum atomic E-state index is -0.340. The number of nitrogens with one attached hydrogen (secondary N) is 2. The van der Waals surface area contributed by atoms with Gasteiger partial charge < -0.3 is 4.57 Å². The summed E-state index contributed by atoms with van der Waals surface area (Å²) in [5.41, 5.74) is 1.48. The topological polar surface area (TPSA) is 87.5 Å². The van der Waals surface area contributed by atoms with E-state index in [9.17, 15) is 4.79 Å². The lowest BCUT2D eigenvalue weighted by Gasteiger charge is -2.19. The fourth-order valence-corrected chi connectivity index (χ4v) is 2.81. The Hall–Kier alpha value is -2.24. The van der Waals surface area contributed by atoms with Gasteiger partial charge >= 0.3 is 0 Å². The van der Waals surface area contributed by atoms with Gasteiger partial charge in [0.05, 0.1) is 5.52 Å². The Morgan fingerprint density at radius 2 is 2.13 bits per heavy atom. The van der Waals surface area contributed by atoms with Crippen molar-refractivity contribution in [3.05, 3.63) is 33.7 Å². The van der Waals surface area contributed by atoms with Crippen LogP contribution < -0.4 is 11.0 Å². The van der Waals surface area contributed by atoms with E-state index in [1.807, 2.05) is 19.9 Å². The highest BCUT2D eigenvalue weighted by atomic mass is 16.1. The summed E-state index contributed by atoms with van der Waals surface area (Å²) in [6.45, 7) is 6.59. The summed E-state index contributed by atoms with van der Waals surface area (Å²) in [7, 11) is 0. The van der Waals surface area contributed by atoms with Crippen LogP contribution in [0.25, 0.3) is 11.2 Å². The van der Waals surface area contributed by atoms with Crippen molar-refractivity contribution in [3.63, 3.8) is 0 Å². The molecule has 122 valence electrons. The fraction of sp³-hybridized carbons (Fsp3) is 0.529. The van der Waals surface area contributed by atoms with Gasteiger partial charge in [-0.2, -0.15) is 0 Å². The summed E-state index contributed by atoms with van der Waals surface area (Å²) in [6, 6.07) is 1.93. The van der Waals surface area contributed by atoms with Crippen LogP contribution in [-0.2, 0) is 6.54 Å². The summed E-state index contributed by atoms with van der Waals surface area (Å²) in [6.07, 6.45) is 5.43. The number of aromatic nitrogens is 3. The van der Waals surface area contributed by atoms with Gasteiger partial charge in [-0.1, -0.05) is 20.3 Å². The summed E-state index contributed by atoms with van der Waals surface area (Å²) in [5, 5.41) is 16.8. The van der Waals surface area contributed by atoms with Gasteiger partial charge in [-0.25, -0.2) is 4.98 Å². The zero-order valence-electron chi connectivity index (χ0n) is 13.9. The van der Waals surface area contributed by atoms with Gasteiger partial charge in [-0.15, -0.1) is 0 Å². The van der Waals surface area contributed by atoms with E-state index in [0.29, 0.717) is 23.5 Å². The molecule has 1 saturated carbocycles. The Bertz CT molecular complexity index is 902. The molecule has 0 saturated heterocycles.